The number of anilines is 1. The quantitative estimate of drug-likeness (QED) is 0.406. The Hall–Kier alpha value is -3.36. The number of carbonyl (C=O) groups is 1. The number of amides is 1. The van der Waals surface area contributed by atoms with Gasteiger partial charge in [0.15, 0.2) is 10.7 Å². The third-order valence-electron chi connectivity index (χ3n) is 4.15. The number of aromatic nitrogens is 1. The monoisotopic (exact) mass is 443 g/mol. The van der Waals surface area contributed by atoms with Crippen molar-refractivity contribution in [3.8, 4) is 11.5 Å². The molecule has 0 spiro atoms. The Labute approximate surface area is 179 Å². The lowest BCUT2D eigenvalue weighted by molar-refractivity contribution is 0.0978. The zero-order chi connectivity index (χ0) is 21.3. The number of thiocarbonyl (C=S) groups is 1. The maximum atomic E-state index is 14.0. The molecule has 0 radical (unpaired) electrons. The van der Waals surface area contributed by atoms with E-state index >= 15 is 0 Å². The number of halogens is 3. The third kappa shape index (κ3) is 4.14. The molecular formula is C21H12ClF2N3O2S. The van der Waals surface area contributed by atoms with Crippen LogP contribution in [0, 0.1) is 11.6 Å². The Morgan fingerprint density at radius 3 is 2.63 bits per heavy atom. The highest BCUT2D eigenvalue weighted by Gasteiger charge is 2.15. The molecule has 9 heteroatoms. The second kappa shape index (κ2) is 8.17. The Balaban J connectivity index is 1.50. The number of hydrogen-bond donors (Lipinski definition) is 2. The summed E-state index contributed by atoms with van der Waals surface area (Å²) in [6.45, 7) is 0. The van der Waals surface area contributed by atoms with Crippen molar-refractivity contribution in [2.24, 2.45) is 0 Å². The summed E-state index contributed by atoms with van der Waals surface area (Å²) in [5, 5.41) is 5.31. The number of oxazole rings is 1. The summed E-state index contributed by atoms with van der Waals surface area (Å²) in [6.07, 6.45) is 0. The Bertz CT molecular complexity index is 1290. The van der Waals surface area contributed by atoms with Crippen LogP contribution in [0.4, 0.5) is 14.5 Å². The van der Waals surface area contributed by atoms with Crippen LogP contribution in [-0.4, -0.2) is 16.0 Å². The van der Waals surface area contributed by atoms with Crippen LogP contribution in [0.2, 0.25) is 5.02 Å². The van der Waals surface area contributed by atoms with E-state index in [2.05, 4.69) is 15.6 Å². The van der Waals surface area contributed by atoms with Crippen LogP contribution in [0.3, 0.4) is 0 Å². The summed E-state index contributed by atoms with van der Waals surface area (Å²) >= 11 is 11.0. The summed E-state index contributed by atoms with van der Waals surface area (Å²) in [7, 11) is 0. The fourth-order valence-corrected chi connectivity index (χ4v) is 3.23. The molecule has 0 saturated heterocycles. The van der Waals surface area contributed by atoms with Gasteiger partial charge in [-0.3, -0.25) is 10.1 Å². The molecule has 4 aromatic rings. The first-order chi connectivity index (χ1) is 14.4. The summed E-state index contributed by atoms with van der Waals surface area (Å²) in [5.74, 6) is -1.41. The zero-order valence-electron chi connectivity index (χ0n) is 15.1. The second-order valence-corrected chi connectivity index (χ2v) is 7.03. The van der Waals surface area contributed by atoms with Crippen molar-refractivity contribution >= 4 is 51.6 Å². The molecule has 0 unspecified atom stereocenters. The van der Waals surface area contributed by atoms with Crippen LogP contribution >= 0.6 is 23.8 Å². The zero-order valence-corrected chi connectivity index (χ0v) is 16.7. The van der Waals surface area contributed by atoms with Gasteiger partial charge in [0.1, 0.15) is 17.2 Å². The van der Waals surface area contributed by atoms with E-state index in [4.69, 9.17) is 28.2 Å². The van der Waals surface area contributed by atoms with Crippen molar-refractivity contribution in [1.29, 1.82) is 0 Å². The van der Waals surface area contributed by atoms with E-state index in [-0.39, 0.29) is 27.2 Å². The highest BCUT2D eigenvalue weighted by molar-refractivity contribution is 7.80. The molecule has 0 bridgehead atoms. The van der Waals surface area contributed by atoms with Gasteiger partial charge >= 0.3 is 0 Å². The van der Waals surface area contributed by atoms with Crippen molar-refractivity contribution in [2.45, 2.75) is 0 Å². The molecule has 0 atom stereocenters. The predicted molar refractivity (Wildman–Crippen MR) is 114 cm³/mol. The molecule has 3 aromatic carbocycles. The molecule has 1 heterocycles. The lowest BCUT2D eigenvalue weighted by Gasteiger charge is -2.10. The molecule has 30 heavy (non-hydrogen) atoms. The van der Waals surface area contributed by atoms with Crippen LogP contribution in [0.1, 0.15) is 10.4 Å². The molecular weight excluding hydrogens is 432 g/mol. The van der Waals surface area contributed by atoms with Gasteiger partial charge in [-0.05, 0) is 60.7 Å². The topological polar surface area (TPSA) is 67.2 Å². The van der Waals surface area contributed by atoms with E-state index in [1.807, 2.05) is 0 Å². The molecule has 4 rings (SSSR count). The normalized spacial score (nSPS) is 10.8. The molecule has 0 aliphatic heterocycles. The summed E-state index contributed by atoms with van der Waals surface area (Å²) in [5.41, 5.74) is 1.82. The maximum Gasteiger partial charge on any atom is 0.258 e. The van der Waals surface area contributed by atoms with Gasteiger partial charge in [0.25, 0.3) is 5.91 Å². The molecule has 0 fully saturated rings. The minimum absolute atomic E-state index is 0.0116. The lowest BCUT2D eigenvalue weighted by atomic mass is 10.2. The molecule has 1 aromatic heterocycles. The van der Waals surface area contributed by atoms with Gasteiger partial charge in [0.05, 0.1) is 16.1 Å². The SMILES string of the molecule is O=C(NC(=S)Nc1ccc2oc(-c3ccccc3F)nc2c1)c1ccc(F)cc1Cl. The molecule has 150 valence electrons. The Morgan fingerprint density at radius 1 is 1.07 bits per heavy atom. The van der Waals surface area contributed by atoms with Crippen molar-refractivity contribution < 1.29 is 18.0 Å². The van der Waals surface area contributed by atoms with E-state index in [0.717, 1.165) is 12.1 Å². The van der Waals surface area contributed by atoms with E-state index in [0.29, 0.717) is 16.8 Å². The van der Waals surface area contributed by atoms with Crippen LogP contribution < -0.4 is 10.6 Å². The van der Waals surface area contributed by atoms with Gasteiger partial charge in [0.2, 0.25) is 5.89 Å². The van der Waals surface area contributed by atoms with E-state index in [1.165, 1.54) is 12.1 Å². The number of rotatable bonds is 3. The van der Waals surface area contributed by atoms with Gasteiger partial charge in [-0.25, -0.2) is 13.8 Å². The number of benzene rings is 3. The fraction of sp³-hybridized carbons (Fsp3) is 0. The number of hydrogen-bond acceptors (Lipinski definition) is 4. The van der Waals surface area contributed by atoms with Crippen molar-refractivity contribution in [2.75, 3.05) is 5.32 Å². The van der Waals surface area contributed by atoms with Crippen LogP contribution in [0.5, 0.6) is 0 Å². The van der Waals surface area contributed by atoms with Crippen molar-refractivity contribution in [3.63, 3.8) is 0 Å². The first-order valence-corrected chi connectivity index (χ1v) is 9.42. The average Bonchev–Trinajstić information content (AvgIpc) is 3.11. The van der Waals surface area contributed by atoms with Gasteiger partial charge in [-0.15, -0.1) is 0 Å². The molecule has 0 aliphatic carbocycles. The molecule has 0 saturated carbocycles. The van der Waals surface area contributed by atoms with Gasteiger partial charge in [-0.2, -0.15) is 0 Å². The predicted octanol–water partition coefficient (Wildman–Crippen LogP) is 5.55. The van der Waals surface area contributed by atoms with Gasteiger partial charge in [0, 0.05) is 5.69 Å². The summed E-state index contributed by atoms with van der Waals surface area (Å²) in [6, 6.07) is 14.6. The van der Waals surface area contributed by atoms with Crippen molar-refractivity contribution in [1.82, 2.24) is 10.3 Å². The van der Waals surface area contributed by atoms with E-state index in [9.17, 15) is 13.6 Å². The molecule has 5 nitrogen and oxygen atoms in total. The first kappa shape index (κ1) is 19.9. The first-order valence-electron chi connectivity index (χ1n) is 8.63. The minimum Gasteiger partial charge on any atom is -0.436 e. The molecule has 0 aliphatic rings. The maximum absolute atomic E-state index is 14.0. The summed E-state index contributed by atoms with van der Waals surface area (Å²) < 4.78 is 32.7. The fourth-order valence-electron chi connectivity index (χ4n) is 2.76. The summed E-state index contributed by atoms with van der Waals surface area (Å²) in [4.78, 5) is 16.6. The number of nitrogens with zero attached hydrogens (tertiary/aromatic N) is 1. The highest BCUT2D eigenvalue weighted by Crippen LogP contribution is 2.27. The Morgan fingerprint density at radius 2 is 1.87 bits per heavy atom. The van der Waals surface area contributed by atoms with E-state index in [1.54, 1.807) is 36.4 Å². The lowest BCUT2D eigenvalue weighted by Crippen LogP contribution is -2.34. The molecule has 2 N–H and O–H groups in total. The second-order valence-electron chi connectivity index (χ2n) is 6.21. The van der Waals surface area contributed by atoms with Crippen molar-refractivity contribution in [3.05, 3.63) is 82.9 Å². The van der Waals surface area contributed by atoms with Crippen LogP contribution in [0.15, 0.2) is 65.1 Å². The largest absolute Gasteiger partial charge is 0.436 e. The van der Waals surface area contributed by atoms with Gasteiger partial charge in [-0.1, -0.05) is 23.7 Å². The van der Waals surface area contributed by atoms with Crippen LogP contribution in [-0.2, 0) is 0 Å². The number of nitrogens with one attached hydrogen (secondary N) is 2. The number of fused-ring (bicyclic) bond motifs is 1. The third-order valence-corrected chi connectivity index (χ3v) is 4.67. The number of carbonyl (C=O) groups excluding carboxylic acids is 1. The van der Waals surface area contributed by atoms with Gasteiger partial charge < -0.3 is 9.73 Å². The minimum atomic E-state index is -0.582. The standard InChI is InChI=1S/C21H12ClF2N3O2S/c22-15-9-11(23)5-7-13(15)19(28)27-21(30)25-12-6-8-18-17(10-12)26-20(29-18)14-3-1-2-4-16(14)24/h1-10H,(H2,25,27,28,30). The highest BCUT2D eigenvalue weighted by atomic mass is 35.5. The van der Waals surface area contributed by atoms with Crippen LogP contribution in [0.25, 0.3) is 22.6 Å². The Kier molecular flexibility index (Phi) is 5.43. The molecule has 1 amide bonds. The van der Waals surface area contributed by atoms with E-state index < -0.39 is 17.5 Å². The smallest absolute Gasteiger partial charge is 0.258 e. The average molecular weight is 444 g/mol.